The van der Waals surface area contributed by atoms with Crippen LogP contribution in [0.2, 0.25) is 5.02 Å². The quantitative estimate of drug-likeness (QED) is 0.897. The molecule has 1 saturated heterocycles. The topological polar surface area (TPSA) is 58.4 Å². The number of nitrogens with zero attached hydrogens (tertiary/aromatic N) is 2. The lowest BCUT2D eigenvalue weighted by Gasteiger charge is -2.29. The zero-order valence-corrected chi connectivity index (χ0v) is 14.1. The lowest BCUT2D eigenvalue weighted by atomic mass is 10.0. The number of likely N-dealkylation sites (tertiary alicyclic amines) is 1. The molecule has 1 unspecified atom stereocenters. The molecule has 0 aliphatic carbocycles. The first-order valence-electron chi connectivity index (χ1n) is 7.95. The minimum Gasteiger partial charge on any atom is -0.361 e. The van der Waals surface area contributed by atoms with Crippen molar-refractivity contribution in [1.82, 2.24) is 15.4 Å². The van der Waals surface area contributed by atoms with Gasteiger partial charge in [-0.05, 0) is 45.0 Å². The lowest BCUT2D eigenvalue weighted by molar-refractivity contribution is 0.0928. The fraction of sp³-hybridized carbons (Fsp3) is 0.412. The molecule has 1 aliphatic rings. The molecule has 1 aromatic heterocycles. The second-order valence-corrected chi connectivity index (χ2v) is 6.33. The van der Waals surface area contributed by atoms with Crippen LogP contribution in [-0.2, 0) is 0 Å². The van der Waals surface area contributed by atoms with E-state index in [1.165, 1.54) is 6.07 Å². The number of nitrogens with one attached hydrogen (secondary N) is 1. The van der Waals surface area contributed by atoms with Gasteiger partial charge in [-0.3, -0.25) is 9.69 Å². The fourth-order valence-electron chi connectivity index (χ4n) is 3.05. The third-order valence-corrected chi connectivity index (χ3v) is 4.56. The highest BCUT2D eigenvalue weighted by Crippen LogP contribution is 2.32. The summed E-state index contributed by atoms with van der Waals surface area (Å²) in [4.78, 5) is 14.4. The normalized spacial score (nSPS) is 16.3. The van der Waals surface area contributed by atoms with Crippen molar-refractivity contribution < 1.29 is 13.7 Å². The summed E-state index contributed by atoms with van der Waals surface area (Å²) in [6, 6.07) is 5.91. The predicted molar refractivity (Wildman–Crippen MR) is 88.5 cm³/mol. The summed E-state index contributed by atoms with van der Waals surface area (Å²) < 4.78 is 19.3. The lowest BCUT2D eigenvalue weighted by Crippen LogP contribution is -2.37. The van der Waals surface area contributed by atoms with Gasteiger partial charge >= 0.3 is 0 Å². The van der Waals surface area contributed by atoms with Crippen molar-refractivity contribution in [3.63, 3.8) is 0 Å². The molecule has 128 valence electrons. The van der Waals surface area contributed by atoms with E-state index < -0.39 is 0 Å². The minimum absolute atomic E-state index is 0.215. The largest absolute Gasteiger partial charge is 0.361 e. The summed E-state index contributed by atoms with van der Waals surface area (Å²) in [5.74, 6) is -0.136. The number of carbonyl (C=O) groups is 1. The van der Waals surface area contributed by atoms with Crippen molar-refractivity contribution in [3.8, 4) is 0 Å². The maximum absolute atomic E-state index is 14.4. The van der Waals surface area contributed by atoms with Crippen LogP contribution in [0.1, 0.15) is 40.7 Å². The summed E-state index contributed by atoms with van der Waals surface area (Å²) in [5, 5.41) is 6.89. The highest BCUT2D eigenvalue weighted by Gasteiger charge is 2.28. The van der Waals surface area contributed by atoms with E-state index in [4.69, 9.17) is 16.1 Å². The molecule has 1 aromatic carbocycles. The van der Waals surface area contributed by atoms with Gasteiger partial charge in [0.1, 0.15) is 11.6 Å². The van der Waals surface area contributed by atoms with E-state index in [2.05, 4.69) is 15.4 Å². The highest BCUT2D eigenvalue weighted by molar-refractivity contribution is 6.31. The van der Waals surface area contributed by atoms with Crippen LogP contribution in [0.4, 0.5) is 4.39 Å². The van der Waals surface area contributed by atoms with Crippen LogP contribution in [0.3, 0.4) is 0 Å². The zero-order valence-electron chi connectivity index (χ0n) is 13.4. The van der Waals surface area contributed by atoms with Gasteiger partial charge in [0.05, 0.1) is 6.04 Å². The molecule has 0 radical (unpaired) electrons. The summed E-state index contributed by atoms with van der Waals surface area (Å²) in [5.41, 5.74) is 0.644. The van der Waals surface area contributed by atoms with Crippen molar-refractivity contribution in [1.29, 1.82) is 0 Å². The molecular weight excluding hydrogens is 333 g/mol. The van der Waals surface area contributed by atoms with Crippen molar-refractivity contribution in [2.75, 3.05) is 19.6 Å². The summed E-state index contributed by atoms with van der Waals surface area (Å²) in [7, 11) is 0. The first kappa shape index (κ1) is 16.9. The number of carbonyl (C=O) groups excluding carboxylic acids is 1. The number of hydrogen-bond donors (Lipinski definition) is 1. The van der Waals surface area contributed by atoms with Crippen LogP contribution in [0.5, 0.6) is 0 Å². The third-order valence-electron chi connectivity index (χ3n) is 4.23. The van der Waals surface area contributed by atoms with Crippen molar-refractivity contribution >= 4 is 17.5 Å². The van der Waals surface area contributed by atoms with Gasteiger partial charge in [0.2, 0.25) is 0 Å². The molecule has 1 amide bonds. The van der Waals surface area contributed by atoms with E-state index in [-0.39, 0.29) is 30.0 Å². The van der Waals surface area contributed by atoms with E-state index in [0.717, 1.165) is 25.9 Å². The molecule has 1 fully saturated rings. The standard InChI is InChI=1S/C17H19ClFN3O2/c1-11-9-14(21-24-11)17(23)20-10-15(22-7-2-3-8-22)16-12(18)5-4-6-13(16)19/h4-6,9,15H,2-3,7-8,10H2,1H3,(H,20,23). The monoisotopic (exact) mass is 351 g/mol. The number of benzene rings is 1. The van der Waals surface area contributed by atoms with Gasteiger partial charge in [0, 0.05) is 23.2 Å². The molecule has 24 heavy (non-hydrogen) atoms. The summed E-state index contributed by atoms with van der Waals surface area (Å²) >= 11 is 6.23. The Hall–Kier alpha value is -1.92. The summed E-state index contributed by atoms with van der Waals surface area (Å²) in [6.07, 6.45) is 2.11. The number of rotatable bonds is 5. The number of halogens is 2. The Morgan fingerprint density at radius 2 is 2.21 bits per heavy atom. The molecule has 1 atom stereocenters. The molecule has 0 saturated carbocycles. The number of amides is 1. The second-order valence-electron chi connectivity index (χ2n) is 5.93. The molecule has 0 bridgehead atoms. The maximum Gasteiger partial charge on any atom is 0.273 e. The Morgan fingerprint density at radius 1 is 1.46 bits per heavy atom. The molecule has 0 spiro atoms. The van der Waals surface area contributed by atoms with Crippen LogP contribution in [-0.4, -0.2) is 35.6 Å². The summed E-state index contributed by atoms with van der Waals surface area (Å²) in [6.45, 7) is 3.68. The van der Waals surface area contributed by atoms with Crippen molar-refractivity contribution in [2.24, 2.45) is 0 Å². The highest BCUT2D eigenvalue weighted by atomic mass is 35.5. The van der Waals surface area contributed by atoms with Crippen LogP contribution >= 0.6 is 11.6 Å². The molecular formula is C17H19ClFN3O2. The van der Waals surface area contributed by atoms with Crippen LogP contribution in [0, 0.1) is 12.7 Å². The first-order chi connectivity index (χ1) is 11.6. The van der Waals surface area contributed by atoms with Crippen LogP contribution < -0.4 is 5.32 Å². The number of aromatic nitrogens is 1. The van der Waals surface area contributed by atoms with Gasteiger partial charge in [0.15, 0.2) is 5.69 Å². The molecule has 2 aromatic rings. The van der Waals surface area contributed by atoms with Gasteiger partial charge in [-0.25, -0.2) is 4.39 Å². The zero-order chi connectivity index (χ0) is 17.1. The van der Waals surface area contributed by atoms with E-state index >= 15 is 0 Å². The van der Waals surface area contributed by atoms with Crippen LogP contribution in [0.25, 0.3) is 0 Å². The Labute approximate surface area is 144 Å². The molecule has 7 heteroatoms. The van der Waals surface area contributed by atoms with E-state index in [1.807, 2.05) is 0 Å². The van der Waals surface area contributed by atoms with E-state index in [0.29, 0.717) is 16.3 Å². The van der Waals surface area contributed by atoms with Gasteiger partial charge in [-0.15, -0.1) is 0 Å². The van der Waals surface area contributed by atoms with Crippen molar-refractivity contribution in [3.05, 3.63) is 52.1 Å². The molecule has 5 nitrogen and oxygen atoms in total. The molecule has 2 heterocycles. The SMILES string of the molecule is Cc1cc(C(=O)NCC(c2c(F)cccc2Cl)N2CCCC2)no1. The number of aryl methyl sites for hydroxylation is 1. The van der Waals surface area contributed by atoms with Crippen LogP contribution in [0.15, 0.2) is 28.8 Å². The number of hydrogen-bond acceptors (Lipinski definition) is 4. The van der Waals surface area contributed by atoms with E-state index in [9.17, 15) is 9.18 Å². The average Bonchev–Trinajstić information content (AvgIpc) is 3.21. The molecule has 1 aliphatic heterocycles. The van der Waals surface area contributed by atoms with Gasteiger partial charge in [0.25, 0.3) is 5.91 Å². The van der Waals surface area contributed by atoms with Gasteiger partial charge in [-0.2, -0.15) is 0 Å². The molecule has 3 rings (SSSR count). The Morgan fingerprint density at radius 3 is 2.83 bits per heavy atom. The Balaban J connectivity index is 1.79. The predicted octanol–water partition coefficient (Wildman–Crippen LogP) is 3.34. The maximum atomic E-state index is 14.4. The average molecular weight is 352 g/mol. The molecule has 1 N–H and O–H groups in total. The Kier molecular flexibility index (Phi) is 5.16. The first-order valence-corrected chi connectivity index (χ1v) is 8.33. The third kappa shape index (κ3) is 3.60. The fourth-order valence-corrected chi connectivity index (χ4v) is 3.34. The smallest absolute Gasteiger partial charge is 0.273 e. The Bertz CT molecular complexity index is 708. The van der Waals surface area contributed by atoms with Crippen molar-refractivity contribution in [2.45, 2.75) is 25.8 Å². The van der Waals surface area contributed by atoms with E-state index in [1.54, 1.807) is 25.1 Å². The second kappa shape index (κ2) is 7.32. The minimum atomic E-state index is -0.356. The van der Waals surface area contributed by atoms with Gasteiger partial charge in [-0.1, -0.05) is 22.8 Å². The van der Waals surface area contributed by atoms with Gasteiger partial charge < -0.3 is 9.84 Å².